The van der Waals surface area contributed by atoms with E-state index in [1.807, 2.05) is 0 Å². The van der Waals surface area contributed by atoms with Crippen molar-refractivity contribution < 1.29 is 13.9 Å². The standard InChI is InChI=1S/C12H13N3O3/c1-8-14-15-11(18-8)7-13-12(16)9-3-5-10(17-2)6-4-9/h3-6H,7H2,1-2H3,(H,13,16). The first-order valence-electron chi connectivity index (χ1n) is 5.40. The minimum atomic E-state index is -0.200. The summed E-state index contributed by atoms with van der Waals surface area (Å²) in [5, 5.41) is 10.2. The summed E-state index contributed by atoms with van der Waals surface area (Å²) in [5.74, 6) is 1.37. The van der Waals surface area contributed by atoms with Crippen LogP contribution in [0.3, 0.4) is 0 Å². The van der Waals surface area contributed by atoms with Gasteiger partial charge in [-0.05, 0) is 24.3 Å². The molecule has 1 N–H and O–H groups in total. The van der Waals surface area contributed by atoms with Crippen LogP contribution in [0.4, 0.5) is 0 Å². The normalized spacial score (nSPS) is 10.1. The first kappa shape index (κ1) is 12.1. The summed E-state index contributed by atoms with van der Waals surface area (Å²) in [7, 11) is 1.58. The van der Waals surface area contributed by atoms with E-state index in [-0.39, 0.29) is 12.5 Å². The minimum absolute atomic E-state index is 0.200. The van der Waals surface area contributed by atoms with Crippen molar-refractivity contribution in [3.8, 4) is 5.75 Å². The summed E-state index contributed by atoms with van der Waals surface area (Å²) in [5.41, 5.74) is 0.548. The second-order valence-corrected chi connectivity index (χ2v) is 3.63. The number of aryl methyl sites for hydroxylation is 1. The van der Waals surface area contributed by atoms with Crippen LogP contribution in [0, 0.1) is 6.92 Å². The van der Waals surface area contributed by atoms with Gasteiger partial charge in [0.1, 0.15) is 5.75 Å². The molecule has 2 rings (SSSR count). The van der Waals surface area contributed by atoms with E-state index in [0.717, 1.165) is 0 Å². The van der Waals surface area contributed by atoms with Crippen LogP contribution in [0.15, 0.2) is 28.7 Å². The molecule has 1 aromatic heterocycles. The Morgan fingerprint density at radius 1 is 1.33 bits per heavy atom. The Morgan fingerprint density at radius 3 is 2.61 bits per heavy atom. The molecular weight excluding hydrogens is 234 g/mol. The number of rotatable bonds is 4. The molecule has 18 heavy (non-hydrogen) atoms. The predicted octanol–water partition coefficient (Wildman–Crippen LogP) is 1.32. The summed E-state index contributed by atoms with van der Waals surface area (Å²) >= 11 is 0. The molecule has 94 valence electrons. The van der Waals surface area contributed by atoms with Gasteiger partial charge in [-0.3, -0.25) is 4.79 Å². The van der Waals surface area contributed by atoms with Crippen molar-refractivity contribution in [3.05, 3.63) is 41.6 Å². The third kappa shape index (κ3) is 2.85. The molecular formula is C12H13N3O3. The number of benzene rings is 1. The van der Waals surface area contributed by atoms with Crippen LogP contribution < -0.4 is 10.1 Å². The van der Waals surface area contributed by atoms with Crippen molar-refractivity contribution in [2.45, 2.75) is 13.5 Å². The fourth-order valence-corrected chi connectivity index (χ4v) is 1.41. The van der Waals surface area contributed by atoms with Gasteiger partial charge in [0.25, 0.3) is 5.91 Å². The van der Waals surface area contributed by atoms with Crippen molar-refractivity contribution >= 4 is 5.91 Å². The van der Waals surface area contributed by atoms with Gasteiger partial charge in [-0.15, -0.1) is 10.2 Å². The molecule has 0 unspecified atom stereocenters. The Hall–Kier alpha value is -2.37. The second-order valence-electron chi connectivity index (χ2n) is 3.63. The first-order chi connectivity index (χ1) is 8.69. The highest BCUT2D eigenvalue weighted by Gasteiger charge is 2.08. The largest absolute Gasteiger partial charge is 0.497 e. The van der Waals surface area contributed by atoms with Crippen LogP contribution >= 0.6 is 0 Å². The lowest BCUT2D eigenvalue weighted by atomic mass is 10.2. The fourth-order valence-electron chi connectivity index (χ4n) is 1.41. The molecule has 0 radical (unpaired) electrons. The SMILES string of the molecule is COc1ccc(C(=O)NCc2nnc(C)o2)cc1. The number of hydrogen-bond acceptors (Lipinski definition) is 5. The van der Waals surface area contributed by atoms with Crippen molar-refractivity contribution in [1.82, 2.24) is 15.5 Å². The number of aromatic nitrogens is 2. The number of nitrogens with one attached hydrogen (secondary N) is 1. The van der Waals surface area contributed by atoms with Crippen molar-refractivity contribution in [3.63, 3.8) is 0 Å². The third-order valence-corrected chi connectivity index (χ3v) is 2.32. The van der Waals surface area contributed by atoms with E-state index >= 15 is 0 Å². The zero-order valence-corrected chi connectivity index (χ0v) is 10.1. The number of nitrogens with zero attached hydrogens (tertiary/aromatic N) is 2. The maximum Gasteiger partial charge on any atom is 0.251 e. The van der Waals surface area contributed by atoms with E-state index < -0.39 is 0 Å². The molecule has 6 heteroatoms. The Balaban J connectivity index is 1.94. The molecule has 0 aliphatic rings. The number of methoxy groups -OCH3 is 1. The zero-order valence-electron chi connectivity index (χ0n) is 10.1. The molecule has 0 saturated carbocycles. The van der Waals surface area contributed by atoms with Crippen LogP contribution in [0.2, 0.25) is 0 Å². The van der Waals surface area contributed by atoms with Gasteiger partial charge in [0.15, 0.2) is 0 Å². The molecule has 1 amide bonds. The van der Waals surface area contributed by atoms with Crippen molar-refractivity contribution in [2.24, 2.45) is 0 Å². The summed E-state index contributed by atoms with van der Waals surface area (Å²) < 4.78 is 10.2. The van der Waals surface area contributed by atoms with E-state index in [2.05, 4.69) is 15.5 Å². The molecule has 0 bridgehead atoms. The van der Waals surface area contributed by atoms with E-state index in [1.165, 1.54) is 0 Å². The Morgan fingerprint density at radius 2 is 2.06 bits per heavy atom. The highest BCUT2D eigenvalue weighted by atomic mass is 16.5. The van der Waals surface area contributed by atoms with Gasteiger partial charge in [0.2, 0.25) is 11.8 Å². The molecule has 6 nitrogen and oxygen atoms in total. The van der Waals surface area contributed by atoms with Gasteiger partial charge in [0, 0.05) is 12.5 Å². The number of amides is 1. The average molecular weight is 247 g/mol. The van der Waals surface area contributed by atoms with Crippen LogP contribution in [0.25, 0.3) is 0 Å². The van der Waals surface area contributed by atoms with Gasteiger partial charge < -0.3 is 14.5 Å². The van der Waals surface area contributed by atoms with Gasteiger partial charge in [-0.2, -0.15) is 0 Å². The molecule has 0 atom stereocenters. The van der Waals surface area contributed by atoms with Crippen LogP contribution in [0.5, 0.6) is 5.75 Å². The van der Waals surface area contributed by atoms with Crippen molar-refractivity contribution in [2.75, 3.05) is 7.11 Å². The minimum Gasteiger partial charge on any atom is -0.497 e. The molecule has 0 fully saturated rings. The monoisotopic (exact) mass is 247 g/mol. The van der Waals surface area contributed by atoms with Crippen LogP contribution in [-0.4, -0.2) is 23.2 Å². The quantitative estimate of drug-likeness (QED) is 0.881. The predicted molar refractivity (Wildman–Crippen MR) is 63.2 cm³/mol. The Labute approximate surface area is 104 Å². The molecule has 0 saturated heterocycles. The van der Waals surface area contributed by atoms with Gasteiger partial charge in [-0.1, -0.05) is 0 Å². The summed E-state index contributed by atoms with van der Waals surface area (Å²) in [4.78, 5) is 11.8. The van der Waals surface area contributed by atoms with Gasteiger partial charge >= 0.3 is 0 Å². The molecule has 0 aliphatic heterocycles. The number of carbonyl (C=O) groups excluding carboxylic acids is 1. The summed E-state index contributed by atoms with van der Waals surface area (Å²) in [6, 6.07) is 6.83. The lowest BCUT2D eigenvalue weighted by Crippen LogP contribution is -2.22. The number of carbonyl (C=O) groups is 1. The van der Waals surface area contributed by atoms with Crippen LogP contribution in [-0.2, 0) is 6.54 Å². The van der Waals surface area contributed by atoms with E-state index in [0.29, 0.717) is 23.1 Å². The number of hydrogen-bond donors (Lipinski definition) is 1. The first-order valence-corrected chi connectivity index (χ1v) is 5.40. The second kappa shape index (κ2) is 5.31. The highest BCUT2D eigenvalue weighted by molar-refractivity contribution is 5.94. The van der Waals surface area contributed by atoms with Gasteiger partial charge in [-0.25, -0.2) is 0 Å². The van der Waals surface area contributed by atoms with E-state index in [4.69, 9.17) is 9.15 Å². The lowest BCUT2D eigenvalue weighted by Gasteiger charge is -2.03. The van der Waals surface area contributed by atoms with Gasteiger partial charge in [0.05, 0.1) is 13.7 Å². The van der Waals surface area contributed by atoms with Crippen molar-refractivity contribution in [1.29, 1.82) is 0 Å². The zero-order chi connectivity index (χ0) is 13.0. The summed E-state index contributed by atoms with van der Waals surface area (Å²) in [6.07, 6.45) is 0. The molecule has 0 spiro atoms. The molecule has 1 aromatic carbocycles. The molecule has 0 aliphatic carbocycles. The Kier molecular flexibility index (Phi) is 3.57. The smallest absolute Gasteiger partial charge is 0.251 e. The molecule has 2 aromatic rings. The average Bonchev–Trinajstić information content (AvgIpc) is 2.82. The maximum absolute atomic E-state index is 11.8. The number of ether oxygens (including phenoxy) is 1. The maximum atomic E-state index is 11.8. The van der Waals surface area contributed by atoms with E-state index in [9.17, 15) is 4.79 Å². The topological polar surface area (TPSA) is 77.2 Å². The molecule has 1 heterocycles. The Bertz CT molecular complexity index is 534. The fraction of sp³-hybridized carbons (Fsp3) is 0.250. The highest BCUT2D eigenvalue weighted by Crippen LogP contribution is 2.11. The lowest BCUT2D eigenvalue weighted by molar-refractivity contribution is 0.0947. The summed E-state index contributed by atoms with van der Waals surface area (Å²) in [6.45, 7) is 1.91. The van der Waals surface area contributed by atoms with E-state index in [1.54, 1.807) is 38.3 Å². The van der Waals surface area contributed by atoms with Crippen LogP contribution in [0.1, 0.15) is 22.1 Å². The third-order valence-electron chi connectivity index (χ3n) is 2.32.